The van der Waals surface area contributed by atoms with Crippen molar-refractivity contribution < 1.29 is 9.72 Å². The number of fused-ring (bicyclic) bond motifs is 1. The van der Waals surface area contributed by atoms with Gasteiger partial charge in [0, 0.05) is 18.4 Å². The van der Waals surface area contributed by atoms with Gasteiger partial charge in [-0.2, -0.15) is 0 Å². The molecule has 1 radical (unpaired) electrons. The molecule has 6 heteroatoms. The Labute approximate surface area is 90.4 Å². The number of hydrogen-bond acceptors (Lipinski definition) is 3. The average molecular weight is 218 g/mol. The zero-order chi connectivity index (χ0) is 11.7. The van der Waals surface area contributed by atoms with Gasteiger partial charge >= 0.3 is 0 Å². The lowest BCUT2D eigenvalue weighted by atomic mass is 10.2. The van der Waals surface area contributed by atoms with Crippen molar-refractivity contribution in [3.63, 3.8) is 0 Å². The molecule has 2 N–H and O–H groups in total. The molecule has 6 nitrogen and oxygen atoms in total. The quantitative estimate of drug-likeness (QED) is 0.595. The van der Waals surface area contributed by atoms with Crippen LogP contribution in [0.15, 0.2) is 18.2 Å². The first-order valence-corrected chi connectivity index (χ1v) is 4.52. The zero-order valence-corrected chi connectivity index (χ0v) is 8.40. The Bertz CT molecular complexity index is 574. The number of carbonyl (C=O) groups is 1. The fraction of sp³-hybridized carbons (Fsp3) is 0.100. The molecule has 1 amide bonds. The van der Waals surface area contributed by atoms with Gasteiger partial charge in [-0.3, -0.25) is 14.9 Å². The molecule has 2 rings (SSSR count). The Morgan fingerprint density at radius 2 is 2.31 bits per heavy atom. The highest BCUT2D eigenvalue weighted by molar-refractivity contribution is 5.96. The lowest BCUT2D eigenvalue weighted by Crippen LogP contribution is -2.07. The van der Waals surface area contributed by atoms with E-state index in [2.05, 4.69) is 16.5 Å². The molecule has 0 atom stereocenters. The lowest BCUT2D eigenvalue weighted by Gasteiger charge is -2.03. The largest absolute Gasteiger partial charge is 0.353 e. The maximum atomic E-state index is 10.9. The van der Waals surface area contributed by atoms with E-state index in [-0.39, 0.29) is 17.3 Å². The van der Waals surface area contributed by atoms with Crippen molar-refractivity contribution in [1.82, 2.24) is 4.98 Å². The second-order valence-corrected chi connectivity index (χ2v) is 3.31. The van der Waals surface area contributed by atoms with E-state index in [9.17, 15) is 14.9 Å². The van der Waals surface area contributed by atoms with Crippen molar-refractivity contribution >= 4 is 28.2 Å². The van der Waals surface area contributed by atoms with Gasteiger partial charge in [-0.1, -0.05) is 0 Å². The molecule has 0 unspecified atom stereocenters. The molecule has 81 valence electrons. The van der Waals surface area contributed by atoms with E-state index in [1.165, 1.54) is 13.0 Å². The fourth-order valence-electron chi connectivity index (χ4n) is 1.47. The van der Waals surface area contributed by atoms with Crippen molar-refractivity contribution in [3.8, 4) is 0 Å². The molecular weight excluding hydrogens is 210 g/mol. The number of nitrogens with one attached hydrogen (secondary N) is 2. The third-order valence-corrected chi connectivity index (χ3v) is 2.11. The molecule has 16 heavy (non-hydrogen) atoms. The van der Waals surface area contributed by atoms with E-state index < -0.39 is 4.92 Å². The van der Waals surface area contributed by atoms with Gasteiger partial charge in [0.25, 0.3) is 5.69 Å². The topological polar surface area (TPSA) is 88.0 Å². The van der Waals surface area contributed by atoms with E-state index in [4.69, 9.17) is 0 Å². The molecule has 2 aromatic rings. The monoisotopic (exact) mass is 218 g/mol. The summed E-state index contributed by atoms with van der Waals surface area (Å²) in [7, 11) is 0. The number of hydrogen-bond donors (Lipinski definition) is 2. The Morgan fingerprint density at radius 3 is 2.94 bits per heavy atom. The molecule has 0 fully saturated rings. The van der Waals surface area contributed by atoms with E-state index in [1.807, 2.05) is 0 Å². The van der Waals surface area contributed by atoms with Gasteiger partial charge in [0.05, 0.1) is 16.6 Å². The van der Waals surface area contributed by atoms with Crippen LogP contribution in [0.25, 0.3) is 10.9 Å². The molecule has 0 aliphatic carbocycles. The highest BCUT2D eigenvalue weighted by Gasteiger charge is 2.16. The van der Waals surface area contributed by atoms with Gasteiger partial charge in [-0.05, 0) is 12.1 Å². The summed E-state index contributed by atoms with van der Waals surface area (Å²) in [5, 5.41) is 14.0. The van der Waals surface area contributed by atoms with Crippen LogP contribution in [0, 0.1) is 16.3 Å². The summed E-state index contributed by atoms with van der Waals surface area (Å²) >= 11 is 0. The van der Waals surface area contributed by atoms with Gasteiger partial charge in [0.2, 0.25) is 5.91 Å². The van der Waals surface area contributed by atoms with E-state index in [0.29, 0.717) is 5.52 Å². The number of benzene rings is 1. The van der Waals surface area contributed by atoms with Gasteiger partial charge in [0.15, 0.2) is 0 Å². The van der Waals surface area contributed by atoms with E-state index >= 15 is 0 Å². The third kappa shape index (κ3) is 1.72. The first-order chi connectivity index (χ1) is 7.58. The standard InChI is InChI=1S/C10H8N3O3/c1-6(14)12-9-4-7-2-3-11-8(7)5-10(9)13(15)16/h2,4-5,11H,1H3,(H,12,14). The van der Waals surface area contributed by atoms with Crippen molar-refractivity contribution in [2.45, 2.75) is 6.92 Å². The second kappa shape index (κ2) is 3.65. The molecule has 0 spiro atoms. The zero-order valence-electron chi connectivity index (χ0n) is 8.40. The number of rotatable bonds is 2. The van der Waals surface area contributed by atoms with Crippen LogP contribution in [0.5, 0.6) is 0 Å². The predicted octanol–water partition coefficient (Wildman–Crippen LogP) is 1.83. The number of H-pyrrole nitrogens is 1. The minimum absolute atomic E-state index is 0.140. The van der Waals surface area contributed by atoms with Crippen LogP contribution in [0.4, 0.5) is 11.4 Å². The first kappa shape index (κ1) is 10.2. The molecule has 1 aromatic heterocycles. The number of amides is 1. The van der Waals surface area contributed by atoms with Gasteiger partial charge in [-0.15, -0.1) is 0 Å². The van der Waals surface area contributed by atoms with Gasteiger partial charge in [-0.25, -0.2) is 0 Å². The average Bonchev–Trinajstić information content (AvgIpc) is 2.62. The Morgan fingerprint density at radius 1 is 1.56 bits per heavy atom. The molecule has 0 aliphatic rings. The van der Waals surface area contributed by atoms with Crippen LogP contribution in [-0.4, -0.2) is 15.8 Å². The van der Waals surface area contributed by atoms with Crippen LogP contribution < -0.4 is 5.32 Å². The maximum absolute atomic E-state index is 10.9. The molecular formula is C10H8N3O3. The first-order valence-electron chi connectivity index (χ1n) is 4.52. The van der Waals surface area contributed by atoms with Gasteiger partial charge in [0.1, 0.15) is 5.69 Å². The van der Waals surface area contributed by atoms with Crippen LogP contribution in [0.2, 0.25) is 0 Å². The Kier molecular flexibility index (Phi) is 2.32. The van der Waals surface area contributed by atoms with Crippen LogP contribution in [-0.2, 0) is 4.79 Å². The second-order valence-electron chi connectivity index (χ2n) is 3.31. The maximum Gasteiger partial charge on any atom is 0.294 e. The summed E-state index contributed by atoms with van der Waals surface area (Å²) in [6, 6.07) is 4.57. The summed E-state index contributed by atoms with van der Waals surface area (Å²) in [6.45, 7) is 1.30. The number of anilines is 1. The van der Waals surface area contributed by atoms with Crippen LogP contribution in [0.1, 0.15) is 6.92 Å². The molecule has 1 aromatic carbocycles. The van der Waals surface area contributed by atoms with E-state index in [1.54, 1.807) is 12.1 Å². The normalized spacial score (nSPS) is 10.3. The molecule has 0 saturated carbocycles. The van der Waals surface area contributed by atoms with Crippen molar-refractivity contribution in [2.75, 3.05) is 5.32 Å². The SMILES string of the molecule is CC(=O)Nc1cc2c[c][nH]c2cc1[N+](=O)[O-]. The van der Waals surface area contributed by atoms with Crippen molar-refractivity contribution in [1.29, 1.82) is 0 Å². The number of aromatic nitrogens is 1. The smallest absolute Gasteiger partial charge is 0.294 e. The lowest BCUT2D eigenvalue weighted by molar-refractivity contribution is -0.383. The Balaban J connectivity index is 2.62. The van der Waals surface area contributed by atoms with Crippen LogP contribution >= 0.6 is 0 Å². The Hall–Kier alpha value is -2.37. The highest BCUT2D eigenvalue weighted by atomic mass is 16.6. The summed E-state index contributed by atoms with van der Waals surface area (Å²) < 4.78 is 0. The number of nitro benzene ring substituents is 1. The molecule has 0 aliphatic heterocycles. The number of nitro groups is 1. The summed E-state index contributed by atoms with van der Waals surface area (Å²) in [4.78, 5) is 23.9. The van der Waals surface area contributed by atoms with Crippen molar-refractivity contribution in [2.24, 2.45) is 0 Å². The molecule has 1 heterocycles. The predicted molar refractivity (Wildman–Crippen MR) is 58.1 cm³/mol. The summed E-state index contributed by atoms with van der Waals surface area (Å²) in [5.41, 5.74) is 0.664. The number of aromatic amines is 1. The summed E-state index contributed by atoms with van der Waals surface area (Å²) in [6.07, 6.45) is 2.72. The minimum atomic E-state index is -0.536. The van der Waals surface area contributed by atoms with Gasteiger partial charge < -0.3 is 10.3 Å². The molecule has 0 bridgehead atoms. The van der Waals surface area contributed by atoms with Crippen molar-refractivity contribution in [3.05, 3.63) is 34.5 Å². The summed E-state index contributed by atoms with van der Waals surface area (Å²) in [5.74, 6) is -0.345. The highest BCUT2D eigenvalue weighted by Crippen LogP contribution is 2.29. The van der Waals surface area contributed by atoms with Crippen LogP contribution in [0.3, 0.4) is 0 Å². The van der Waals surface area contributed by atoms with E-state index in [0.717, 1.165) is 5.39 Å². The number of carbonyl (C=O) groups excluding carboxylic acids is 1. The number of nitrogens with zero attached hydrogens (tertiary/aromatic N) is 1. The third-order valence-electron chi connectivity index (χ3n) is 2.11. The minimum Gasteiger partial charge on any atom is -0.353 e. The molecule has 0 saturated heterocycles. The fourth-order valence-corrected chi connectivity index (χ4v) is 1.47.